The lowest BCUT2D eigenvalue weighted by Gasteiger charge is -2.34. The minimum atomic E-state index is -3.57. The Labute approximate surface area is 160 Å². The normalized spacial score (nSPS) is 16.7. The number of sulfonamides is 1. The quantitative estimate of drug-likeness (QED) is 0.698. The number of methoxy groups -OCH3 is 2. The maximum Gasteiger partial charge on any atom is 0.243 e. The number of benzene rings is 1. The van der Waals surface area contributed by atoms with Crippen molar-refractivity contribution in [3.05, 3.63) is 24.3 Å². The van der Waals surface area contributed by atoms with Gasteiger partial charge in [-0.15, -0.1) is 12.4 Å². The number of rotatable bonds is 7. The average molecular weight is 408 g/mol. The third-order valence-electron chi connectivity index (χ3n) is 4.29. The third-order valence-corrected chi connectivity index (χ3v) is 6.20. The van der Waals surface area contributed by atoms with Crippen LogP contribution in [0.4, 0.5) is 0 Å². The summed E-state index contributed by atoms with van der Waals surface area (Å²) in [5.74, 6) is 0.528. The first kappa shape index (κ1) is 22.7. The largest absolute Gasteiger partial charge is 0.497 e. The van der Waals surface area contributed by atoms with Gasteiger partial charge in [0.1, 0.15) is 5.75 Å². The molecule has 8 nitrogen and oxygen atoms in total. The van der Waals surface area contributed by atoms with Gasteiger partial charge in [0.2, 0.25) is 15.9 Å². The number of nitrogens with zero attached hydrogens (tertiary/aromatic N) is 2. The molecule has 2 N–H and O–H groups in total. The molecule has 10 heteroatoms. The molecule has 1 atom stereocenters. The van der Waals surface area contributed by atoms with E-state index in [2.05, 4.69) is 0 Å². The van der Waals surface area contributed by atoms with Gasteiger partial charge >= 0.3 is 0 Å². The van der Waals surface area contributed by atoms with Crippen molar-refractivity contribution >= 4 is 28.3 Å². The molecule has 0 radical (unpaired) electrons. The van der Waals surface area contributed by atoms with Crippen molar-refractivity contribution in [1.82, 2.24) is 9.21 Å². The number of hydrogen-bond donors (Lipinski definition) is 1. The number of nitrogens with two attached hydrogens (primary N) is 1. The molecule has 1 aliphatic rings. The third kappa shape index (κ3) is 5.31. The van der Waals surface area contributed by atoms with Crippen LogP contribution in [0.15, 0.2) is 29.2 Å². The van der Waals surface area contributed by atoms with Crippen molar-refractivity contribution in [2.75, 3.05) is 46.9 Å². The van der Waals surface area contributed by atoms with E-state index in [1.807, 2.05) is 0 Å². The Morgan fingerprint density at radius 3 is 2.19 bits per heavy atom. The van der Waals surface area contributed by atoms with Crippen molar-refractivity contribution in [3.63, 3.8) is 0 Å². The number of amides is 1. The topological polar surface area (TPSA) is 102 Å². The molecule has 2 rings (SSSR count). The van der Waals surface area contributed by atoms with Crippen LogP contribution < -0.4 is 10.5 Å². The summed E-state index contributed by atoms with van der Waals surface area (Å²) in [7, 11) is -0.529. The average Bonchev–Trinajstić information content (AvgIpc) is 2.66. The van der Waals surface area contributed by atoms with E-state index >= 15 is 0 Å². The van der Waals surface area contributed by atoms with Gasteiger partial charge in [-0.1, -0.05) is 0 Å². The summed E-state index contributed by atoms with van der Waals surface area (Å²) in [4.78, 5) is 14.1. The van der Waals surface area contributed by atoms with Crippen LogP contribution in [0.25, 0.3) is 0 Å². The SMILES string of the molecule is COc1ccc(S(=O)(=O)N2CCN(C(=O)CC(CN)OC)CC2)cc1.Cl. The molecular formula is C16H26ClN3O5S. The van der Waals surface area contributed by atoms with Gasteiger partial charge in [-0.2, -0.15) is 4.31 Å². The second-order valence-corrected chi connectivity index (χ2v) is 7.70. The number of halogens is 1. The Bertz CT molecular complexity index is 672. The fourth-order valence-electron chi connectivity index (χ4n) is 2.66. The molecule has 0 saturated carbocycles. The lowest BCUT2D eigenvalue weighted by Crippen LogP contribution is -2.51. The predicted octanol–water partition coefficient (Wildman–Crippen LogP) is 0.314. The highest BCUT2D eigenvalue weighted by Gasteiger charge is 2.30. The van der Waals surface area contributed by atoms with E-state index in [0.29, 0.717) is 18.8 Å². The minimum Gasteiger partial charge on any atom is -0.497 e. The fraction of sp³-hybridized carbons (Fsp3) is 0.562. The molecule has 1 saturated heterocycles. The Hall–Kier alpha value is -1.39. The van der Waals surface area contributed by atoms with Crippen LogP contribution in [0.5, 0.6) is 5.75 Å². The van der Waals surface area contributed by atoms with Gasteiger partial charge in [-0.05, 0) is 24.3 Å². The maximum absolute atomic E-state index is 12.7. The molecule has 0 bridgehead atoms. The maximum atomic E-state index is 12.7. The van der Waals surface area contributed by atoms with Gasteiger partial charge in [0.05, 0.1) is 24.5 Å². The molecule has 1 aromatic rings. The lowest BCUT2D eigenvalue weighted by atomic mass is 10.2. The molecule has 148 valence electrons. The number of hydrogen-bond acceptors (Lipinski definition) is 6. The highest BCUT2D eigenvalue weighted by molar-refractivity contribution is 7.89. The summed E-state index contributed by atoms with van der Waals surface area (Å²) < 4.78 is 36.9. The van der Waals surface area contributed by atoms with Crippen molar-refractivity contribution in [2.24, 2.45) is 5.73 Å². The Kier molecular flexibility index (Phi) is 8.78. The Morgan fingerprint density at radius 1 is 1.15 bits per heavy atom. The first-order valence-corrected chi connectivity index (χ1v) is 9.51. The van der Waals surface area contributed by atoms with Gasteiger partial charge < -0.3 is 20.1 Å². The molecule has 1 heterocycles. The van der Waals surface area contributed by atoms with Crippen molar-refractivity contribution in [1.29, 1.82) is 0 Å². The zero-order valence-electron chi connectivity index (χ0n) is 15.0. The summed E-state index contributed by atoms with van der Waals surface area (Å²) in [6.07, 6.45) is -0.105. The van der Waals surface area contributed by atoms with Gasteiger partial charge in [0.25, 0.3) is 0 Å². The van der Waals surface area contributed by atoms with Gasteiger partial charge in [-0.25, -0.2) is 8.42 Å². The zero-order chi connectivity index (χ0) is 18.4. The molecular weight excluding hydrogens is 382 g/mol. The van der Waals surface area contributed by atoms with Gasteiger partial charge in [0.15, 0.2) is 0 Å². The summed E-state index contributed by atoms with van der Waals surface area (Å²) in [6, 6.07) is 6.28. The monoisotopic (exact) mass is 407 g/mol. The van der Waals surface area contributed by atoms with E-state index in [9.17, 15) is 13.2 Å². The summed E-state index contributed by atoms with van der Waals surface area (Å²) >= 11 is 0. The van der Waals surface area contributed by atoms with E-state index in [1.165, 1.54) is 30.7 Å². The van der Waals surface area contributed by atoms with Crippen LogP contribution in [0.3, 0.4) is 0 Å². The standard InChI is InChI=1S/C16H25N3O5S.ClH/c1-23-13-3-5-15(6-4-13)25(21,22)19-9-7-18(8-10-19)16(20)11-14(12-17)24-2;/h3-6,14H,7-12,17H2,1-2H3;1H. The van der Waals surface area contributed by atoms with E-state index in [0.717, 1.165) is 0 Å². The molecule has 0 spiro atoms. The Morgan fingerprint density at radius 2 is 1.73 bits per heavy atom. The van der Waals surface area contributed by atoms with Gasteiger partial charge in [0, 0.05) is 39.8 Å². The molecule has 1 aliphatic heterocycles. The molecule has 0 aromatic heterocycles. The van der Waals surface area contributed by atoms with E-state index < -0.39 is 10.0 Å². The van der Waals surface area contributed by atoms with Crippen molar-refractivity contribution in [3.8, 4) is 5.75 Å². The van der Waals surface area contributed by atoms with Crippen LogP contribution in [-0.2, 0) is 19.6 Å². The predicted molar refractivity (Wildman–Crippen MR) is 100 cm³/mol. The lowest BCUT2D eigenvalue weighted by molar-refractivity contribution is -0.134. The number of carbonyl (C=O) groups is 1. The first-order chi connectivity index (χ1) is 11.9. The van der Waals surface area contributed by atoms with Gasteiger partial charge in [-0.3, -0.25) is 4.79 Å². The van der Waals surface area contributed by atoms with Crippen molar-refractivity contribution in [2.45, 2.75) is 17.4 Å². The van der Waals surface area contributed by atoms with Crippen LogP contribution in [0.1, 0.15) is 6.42 Å². The van der Waals surface area contributed by atoms with Crippen molar-refractivity contribution < 1.29 is 22.7 Å². The smallest absolute Gasteiger partial charge is 0.243 e. The summed E-state index contributed by atoms with van der Waals surface area (Å²) in [6.45, 7) is 1.51. The van der Waals surface area contributed by atoms with E-state index in [1.54, 1.807) is 17.0 Å². The van der Waals surface area contributed by atoms with Crippen LogP contribution >= 0.6 is 12.4 Å². The van der Waals surface area contributed by atoms with Crippen LogP contribution in [0.2, 0.25) is 0 Å². The second-order valence-electron chi connectivity index (χ2n) is 5.76. The minimum absolute atomic E-state index is 0. The van der Waals surface area contributed by atoms with Crippen LogP contribution in [-0.4, -0.2) is 76.6 Å². The second kappa shape index (κ2) is 10.1. The first-order valence-electron chi connectivity index (χ1n) is 8.07. The number of carbonyl (C=O) groups excluding carboxylic acids is 1. The summed E-state index contributed by atoms with van der Waals surface area (Å²) in [5.41, 5.74) is 5.53. The molecule has 0 aliphatic carbocycles. The molecule has 26 heavy (non-hydrogen) atoms. The highest BCUT2D eigenvalue weighted by Crippen LogP contribution is 2.21. The number of piperazine rings is 1. The molecule has 1 unspecified atom stereocenters. The Balaban J connectivity index is 0.00000338. The summed E-state index contributed by atoms with van der Waals surface area (Å²) in [5, 5.41) is 0. The number of ether oxygens (including phenoxy) is 2. The zero-order valence-corrected chi connectivity index (χ0v) is 16.6. The fourth-order valence-corrected chi connectivity index (χ4v) is 4.08. The van der Waals surface area contributed by atoms with E-state index in [4.69, 9.17) is 15.2 Å². The highest BCUT2D eigenvalue weighted by atomic mass is 35.5. The molecule has 1 amide bonds. The van der Waals surface area contributed by atoms with Crippen LogP contribution in [0, 0.1) is 0 Å². The molecule has 1 aromatic carbocycles. The molecule has 1 fully saturated rings. The van der Waals surface area contributed by atoms with E-state index in [-0.39, 0.29) is 55.4 Å².